The maximum atomic E-state index is 11.3. The Morgan fingerprint density at radius 3 is 2.82 bits per heavy atom. The predicted molar refractivity (Wildman–Crippen MR) is 46.9 cm³/mol. The van der Waals surface area contributed by atoms with Crippen molar-refractivity contribution in [3.05, 3.63) is 5.21 Å². The van der Waals surface area contributed by atoms with Gasteiger partial charge in [0.05, 0.1) is 0 Å². The quantitative estimate of drug-likeness (QED) is 0.453. The second kappa shape index (κ2) is 3.24. The molecule has 0 saturated heterocycles. The molecule has 1 heterocycles. The molecule has 0 radical (unpaired) electrons. The van der Waals surface area contributed by atoms with Gasteiger partial charge in [-0.05, 0) is 6.42 Å². The van der Waals surface area contributed by atoms with Gasteiger partial charge in [0, 0.05) is 26.2 Å². The molecule has 2 nitrogen and oxygen atoms in total. The highest BCUT2D eigenvalue weighted by Gasteiger charge is 2.35. The normalized spacial score (nSPS) is 30.5. The molecule has 1 aliphatic rings. The fourth-order valence-electron chi connectivity index (χ4n) is 1.62. The Morgan fingerprint density at radius 1 is 1.64 bits per heavy atom. The van der Waals surface area contributed by atoms with Crippen molar-refractivity contribution in [3.8, 4) is 0 Å². The van der Waals surface area contributed by atoms with E-state index in [2.05, 4.69) is 13.8 Å². The summed E-state index contributed by atoms with van der Waals surface area (Å²) in [4.78, 5) is 0. The minimum atomic E-state index is -0.0734. The fraction of sp³-hybridized carbons (Fsp3) is 0.889. The average Bonchev–Trinajstić information content (AvgIpc) is 2.30. The molecule has 0 aromatic rings. The zero-order chi connectivity index (χ0) is 8.32. The van der Waals surface area contributed by atoms with Gasteiger partial charge >= 0.3 is 0 Å². The molecule has 0 N–H and O–H groups in total. The molecule has 0 aromatic heterocycles. The lowest BCUT2D eigenvalue weighted by Gasteiger charge is -2.22. The molecule has 11 heavy (non-hydrogen) atoms. The highest BCUT2D eigenvalue weighted by molar-refractivity contribution is 5.53. The molecule has 64 valence electrons. The van der Waals surface area contributed by atoms with Crippen molar-refractivity contribution in [1.29, 1.82) is 0 Å². The van der Waals surface area contributed by atoms with Gasteiger partial charge in [0.25, 0.3) is 0 Å². The first-order chi connectivity index (χ1) is 5.19. The van der Waals surface area contributed by atoms with Crippen LogP contribution in [0.2, 0.25) is 0 Å². The van der Waals surface area contributed by atoms with Crippen LogP contribution in [0.5, 0.6) is 0 Å². The smallest absolute Gasteiger partial charge is 0.170 e. The van der Waals surface area contributed by atoms with E-state index in [1.165, 1.54) is 12.8 Å². The molecule has 0 fully saturated rings. The number of hydrogen-bond donors (Lipinski definition) is 0. The van der Waals surface area contributed by atoms with Crippen LogP contribution in [-0.4, -0.2) is 16.5 Å². The molecule has 0 spiro atoms. The fourth-order valence-corrected chi connectivity index (χ4v) is 1.62. The molecule has 1 rings (SSSR count). The van der Waals surface area contributed by atoms with Crippen molar-refractivity contribution in [1.82, 2.24) is 0 Å². The third-order valence-corrected chi connectivity index (χ3v) is 2.58. The van der Waals surface area contributed by atoms with E-state index in [9.17, 15) is 5.21 Å². The maximum Gasteiger partial charge on any atom is 0.170 e. The first-order valence-corrected chi connectivity index (χ1v) is 4.49. The number of hydroxylamine groups is 1. The van der Waals surface area contributed by atoms with Crippen LogP contribution in [0.15, 0.2) is 0 Å². The Balaban J connectivity index is 2.46. The minimum Gasteiger partial charge on any atom is -0.624 e. The van der Waals surface area contributed by atoms with Crippen molar-refractivity contribution in [2.24, 2.45) is 0 Å². The largest absolute Gasteiger partial charge is 0.624 e. The topological polar surface area (TPSA) is 26.1 Å². The number of nitrogens with zero attached hydrogens (tertiary/aromatic N) is 1. The lowest BCUT2D eigenvalue weighted by Crippen LogP contribution is -2.31. The number of rotatable bonds is 3. The third-order valence-electron chi connectivity index (χ3n) is 2.58. The molecule has 0 aromatic carbocycles. The molecule has 1 aliphatic heterocycles. The summed E-state index contributed by atoms with van der Waals surface area (Å²) in [5, 5.41) is 11.3. The molecule has 0 amide bonds. The second-order valence-corrected chi connectivity index (χ2v) is 3.65. The number of unbranched alkanes of at least 4 members (excludes halogenated alkanes) is 1. The van der Waals surface area contributed by atoms with Crippen molar-refractivity contribution < 1.29 is 4.74 Å². The van der Waals surface area contributed by atoms with E-state index in [-0.39, 0.29) is 5.54 Å². The Kier molecular flexibility index (Phi) is 2.53. The van der Waals surface area contributed by atoms with Gasteiger partial charge in [0.15, 0.2) is 11.8 Å². The van der Waals surface area contributed by atoms with E-state index < -0.39 is 0 Å². The molecular formula is C9H17NO. The van der Waals surface area contributed by atoms with Gasteiger partial charge in [0.1, 0.15) is 0 Å². The first kappa shape index (κ1) is 8.57. The van der Waals surface area contributed by atoms with Gasteiger partial charge in [-0.2, -0.15) is 0 Å². The molecule has 0 unspecified atom stereocenters. The Morgan fingerprint density at radius 2 is 2.36 bits per heavy atom. The minimum absolute atomic E-state index is 0.0734. The van der Waals surface area contributed by atoms with Crippen LogP contribution in [0.4, 0.5) is 0 Å². The summed E-state index contributed by atoms with van der Waals surface area (Å²) < 4.78 is 1.16. The van der Waals surface area contributed by atoms with Crippen LogP contribution in [0, 0.1) is 5.21 Å². The van der Waals surface area contributed by atoms with Gasteiger partial charge in [-0.25, -0.2) is 4.74 Å². The molecule has 0 saturated carbocycles. The van der Waals surface area contributed by atoms with E-state index in [0.717, 1.165) is 24.0 Å². The van der Waals surface area contributed by atoms with Crippen LogP contribution in [0.25, 0.3) is 0 Å². The average molecular weight is 155 g/mol. The van der Waals surface area contributed by atoms with Crippen LogP contribution in [-0.2, 0) is 0 Å². The summed E-state index contributed by atoms with van der Waals surface area (Å²) in [6.07, 6.45) is 7.17. The van der Waals surface area contributed by atoms with Crippen LogP contribution < -0.4 is 0 Å². The summed E-state index contributed by atoms with van der Waals surface area (Å²) in [6, 6.07) is 0. The van der Waals surface area contributed by atoms with E-state index in [1.54, 1.807) is 6.21 Å². The summed E-state index contributed by atoms with van der Waals surface area (Å²) in [5.74, 6) is 0. The van der Waals surface area contributed by atoms with Gasteiger partial charge in [-0.1, -0.05) is 13.3 Å². The Bertz CT molecular complexity index is 165. The highest BCUT2D eigenvalue weighted by atomic mass is 16.5. The predicted octanol–water partition coefficient (Wildman–Crippen LogP) is 2.31. The first-order valence-electron chi connectivity index (χ1n) is 4.49. The van der Waals surface area contributed by atoms with E-state index in [1.807, 2.05) is 0 Å². The van der Waals surface area contributed by atoms with E-state index in [4.69, 9.17) is 0 Å². The summed E-state index contributed by atoms with van der Waals surface area (Å²) >= 11 is 0. The molecule has 2 heteroatoms. The SMILES string of the molecule is CCCC[C@]1(C)CCC=[N+]1[O-]. The van der Waals surface area contributed by atoms with Crippen molar-refractivity contribution in [2.75, 3.05) is 0 Å². The summed E-state index contributed by atoms with van der Waals surface area (Å²) in [7, 11) is 0. The van der Waals surface area contributed by atoms with Crippen LogP contribution in [0.3, 0.4) is 0 Å². The van der Waals surface area contributed by atoms with Gasteiger partial charge in [-0.3, -0.25) is 0 Å². The molecule has 1 atom stereocenters. The zero-order valence-corrected chi connectivity index (χ0v) is 7.47. The van der Waals surface area contributed by atoms with Crippen molar-refractivity contribution >= 4 is 6.21 Å². The lowest BCUT2D eigenvalue weighted by molar-refractivity contribution is -0.534. The molecule has 0 bridgehead atoms. The van der Waals surface area contributed by atoms with Crippen LogP contribution in [0.1, 0.15) is 46.0 Å². The highest BCUT2D eigenvalue weighted by Crippen LogP contribution is 2.26. The zero-order valence-electron chi connectivity index (χ0n) is 7.47. The third kappa shape index (κ3) is 1.73. The maximum absolute atomic E-state index is 11.3. The van der Waals surface area contributed by atoms with Crippen LogP contribution >= 0.6 is 0 Å². The van der Waals surface area contributed by atoms with Gasteiger partial charge in [0.2, 0.25) is 0 Å². The monoisotopic (exact) mass is 155 g/mol. The summed E-state index contributed by atoms with van der Waals surface area (Å²) in [6.45, 7) is 4.23. The lowest BCUT2D eigenvalue weighted by atomic mass is 9.93. The van der Waals surface area contributed by atoms with Gasteiger partial charge < -0.3 is 5.21 Å². The Hall–Kier alpha value is -0.530. The molecular weight excluding hydrogens is 138 g/mol. The molecule has 0 aliphatic carbocycles. The Labute approximate surface area is 68.5 Å². The van der Waals surface area contributed by atoms with Crippen molar-refractivity contribution in [3.63, 3.8) is 0 Å². The van der Waals surface area contributed by atoms with E-state index in [0.29, 0.717) is 0 Å². The summed E-state index contributed by atoms with van der Waals surface area (Å²) in [5.41, 5.74) is -0.0734. The second-order valence-electron chi connectivity index (χ2n) is 3.65. The van der Waals surface area contributed by atoms with Gasteiger partial charge in [-0.15, -0.1) is 0 Å². The number of hydrogen-bond acceptors (Lipinski definition) is 1. The van der Waals surface area contributed by atoms with Crippen molar-refractivity contribution in [2.45, 2.75) is 51.5 Å². The van der Waals surface area contributed by atoms with E-state index >= 15 is 0 Å². The standard InChI is InChI=1S/C9H17NO/c1-3-4-6-9(2)7-5-8-10(9)11/h8H,3-7H2,1-2H3/t9-/m1/s1.